The average molecular weight is 475 g/mol. The summed E-state index contributed by atoms with van der Waals surface area (Å²) in [7, 11) is -2.06. The van der Waals surface area contributed by atoms with Crippen LogP contribution in [0.25, 0.3) is 0 Å². The van der Waals surface area contributed by atoms with Crippen LogP contribution in [0, 0.1) is 0 Å². The number of hydrogen-bond donors (Lipinski definition) is 1. The van der Waals surface area contributed by atoms with Crippen LogP contribution >= 0.6 is 21.4 Å². The predicted molar refractivity (Wildman–Crippen MR) is 121 cm³/mol. The molecule has 0 aliphatic carbocycles. The van der Waals surface area contributed by atoms with Crippen LogP contribution in [0.1, 0.15) is 101 Å². The second-order valence-corrected chi connectivity index (χ2v) is 14.6. The molecule has 0 saturated heterocycles. The number of hydrogen-bond acceptors (Lipinski definition) is 1. The van der Waals surface area contributed by atoms with Crippen LogP contribution in [0.4, 0.5) is 0 Å². The predicted octanol–water partition coefficient (Wildman–Crippen LogP) is 7.35. The maximum atomic E-state index is 6.59. The fourth-order valence-corrected chi connectivity index (χ4v) is 16.8. The molecule has 0 bridgehead atoms. The van der Waals surface area contributed by atoms with Crippen molar-refractivity contribution in [1.29, 1.82) is 0 Å². The fourth-order valence-electron chi connectivity index (χ4n) is 4.92. The van der Waals surface area contributed by atoms with E-state index >= 15 is 0 Å². The van der Waals surface area contributed by atoms with Gasteiger partial charge in [0.1, 0.15) is 4.38 Å². The summed E-state index contributed by atoms with van der Waals surface area (Å²) in [6.45, 7) is 23.8. The molecular formula is C21H46MoOS2. The first kappa shape index (κ1) is 28.4. The Hall–Kier alpha value is 1.22. The normalized spacial score (nSPS) is 19.7. The first-order chi connectivity index (χ1) is 11.1. The van der Waals surface area contributed by atoms with Crippen molar-refractivity contribution in [2.75, 3.05) is 0 Å². The molecule has 0 fully saturated rings. The molecule has 0 heterocycles. The summed E-state index contributed by atoms with van der Waals surface area (Å²) in [5.74, 6) is 0. The zero-order valence-electron chi connectivity index (χ0n) is 18.6. The van der Waals surface area contributed by atoms with Crippen molar-refractivity contribution in [2.24, 2.45) is 0 Å². The van der Waals surface area contributed by atoms with Crippen molar-refractivity contribution >= 4 is 25.8 Å². The van der Waals surface area contributed by atoms with Crippen LogP contribution in [0.15, 0.2) is 0 Å². The monoisotopic (exact) mass is 476 g/mol. The summed E-state index contributed by atoms with van der Waals surface area (Å²) >= 11 is 5.21. The third-order valence-corrected chi connectivity index (χ3v) is 18.0. The third kappa shape index (κ3) is 4.46. The van der Waals surface area contributed by atoms with Crippen LogP contribution in [0.3, 0.4) is 0 Å². The van der Waals surface area contributed by atoms with E-state index in [9.17, 15) is 0 Å². The number of thiol groups is 1. The van der Waals surface area contributed by atoms with E-state index in [1.54, 1.807) is 0 Å². The maximum absolute atomic E-state index is 6.59. The number of ether oxygens (including phenoxy) is 1. The van der Waals surface area contributed by atoms with Gasteiger partial charge < -0.3 is 4.74 Å². The van der Waals surface area contributed by atoms with Crippen molar-refractivity contribution in [3.05, 3.63) is 0 Å². The van der Waals surface area contributed by atoms with E-state index in [0.717, 1.165) is 10.8 Å². The van der Waals surface area contributed by atoms with Crippen molar-refractivity contribution in [3.8, 4) is 0 Å². The van der Waals surface area contributed by atoms with Gasteiger partial charge in [0, 0.05) is 21.1 Å². The molecule has 0 aromatic rings. The molecule has 0 radical (unpaired) electrons. The smallest absolute Gasteiger partial charge is 0.117 e. The minimum Gasteiger partial charge on any atom is -0.333 e. The molecule has 25 heavy (non-hydrogen) atoms. The zero-order valence-corrected chi connectivity index (χ0v) is 22.3. The van der Waals surface area contributed by atoms with E-state index in [2.05, 4.69) is 69.2 Å². The Morgan fingerprint density at radius 2 is 0.960 bits per heavy atom. The molecule has 0 amide bonds. The molecule has 5 unspecified atom stereocenters. The Balaban J connectivity index is 0. The van der Waals surface area contributed by atoms with Gasteiger partial charge in [0.2, 0.25) is 0 Å². The number of rotatable bonds is 10. The molecule has 0 spiro atoms. The Kier molecular flexibility index (Phi) is 13.6. The van der Waals surface area contributed by atoms with Crippen LogP contribution in [0.2, 0.25) is 0 Å². The minimum atomic E-state index is -2.06. The molecular weight excluding hydrogens is 428 g/mol. The van der Waals surface area contributed by atoms with Crippen LogP contribution < -0.4 is 0 Å². The van der Waals surface area contributed by atoms with E-state index < -0.39 is 8.75 Å². The van der Waals surface area contributed by atoms with Gasteiger partial charge in [-0.1, -0.05) is 62.3 Å². The summed E-state index contributed by atoms with van der Waals surface area (Å²) < 4.78 is 7.71. The molecule has 0 rings (SSSR count). The average Bonchev–Trinajstić information content (AvgIpc) is 2.60. The molecule has 0 aromatic carbocycles. The fraction of sp³-hybridized carbons (Fsp3) is 0.952. The van der Waals surface area contributed by atoms with Gasteiger partial charge >= 0.3 is 0 Å². The van der Waals surface area contributed by atoms with Gasteiger partial charge in [-0.25, -0.2) is 8.75 Å². The van der Waals surface area contributed by atoms with Gasteiger partial charge in [-0.2, -0.15) is 0 Å². The summed E-state index contributed by atoms with van der Waals surface area (Å²) in [5.41, 5.74) is 0. The molecule has 0 aliphatic heterocycles. The third-order valence-electron chi connectivity index (χ3n) is 7.17. The van der Waals surface area contributed by atoms with Crippen LogP contribution in [-0.4, -0.2) is 31.5 Å². The van der Waals surface area contributed by atoms with Gasteiger partial charge in [0.15, 0.2) is 0 Å². The van der Waals surface area contributed by atoms with Crippen molar-refractivity contribution < 1.29 is 25.8 Å². The molecule has 5 atom stereocenters. The standard InChI is InChI=1S/C21H46OS2.Mo/c1-11-16(6)22-21(23)24(17(7)12-2,18(8)13-3,19(9)14-4)20(10)15-5;/h16-20,23H,11-15H2,1-10H3;. The second kappa shape index (κ2) is 11.9. The Labute approximate surface area is 179 Å². The molecule has 0 aromatic heterocycles. The molecule has 1 nitrogen and oxygen atoms in total. The van der Waals surface area contributed by atoms with E-state index in [1.165, 1.54) is 25.7 Å². The summed E-state index contributed by atoms with van der Waals surface area (Å²) in [4.78, 5) is 0. The topological polar surface area (TPSA) is 9.23 Å². The molecule has 0 saturated carbocycles. The molecule has 154 valence electrons. The molecule has 0 aliphatic rings. The maximum Gasteiger partial charge on any atom is 0.117 e. The van der Waals surface area contributed by atoms with Gasteiger partial charge in [-0.05, 0) is 60.0 Å². The van der Waals surface area contributed by atoms with Gasteiger partial charge in [-0.15, -0.1) is 12.6 Å². The van der Waals surface area contributed by atoms with E-state index in [1.807, 2.05) is 0 Å². The van der Waals surface area contributed by atoms with Crippen molar-refractivity contribution in [1.82, 2.24) is 0 Å². The molecule has 0 N–H and O–H groups in total. The largest absolute Gasteiger partial charge is 0.333 e. The SMILES string of the molecule is CCC(C)OC(S)=S(C(C)CC)(C(C)CC)(C(C)CC)C(C)CC.[Mo]. The van der Waals surface area contributed by atoms with Gasteiger partial charge in [0.25, 0.3) is 0 Å². The van der Waals surface area contributed by atoms with E-state index in [-0.39, 0.29) is 27.2 Å². The van der Waals surface area contributed by atoms with Gasteiger partial charge in [0.05, 0.1) is 6.10 Å². The van der Waals surface area contributed by atoms with Crippen molar-refractivity contribution in [2.45, 2.75) is 128 Å². The summed E-state index contributed by atoms with van der Waals surface area (Å²) in [6, 6.07) is 0. The minimum absolute atomic E-state index is 0. The first-order valence-corrected chi connectivity index (χ1v) is 13.0. The first-order valence-electron chi connectivity index (χ1n) is 10.3. The summed E-state index contributed by atoms with van der Waals surface area (Å²) in [6.07, 6.45) is 6.09. The van der Waals surface area contributed by atoms with E-state index in [0.29, 0.717) is 21.0 Å². The van der Waals surface area contributed by atoms with Gasteiger partial charge in [-0.3, -0.25) is 0 Å². The van der Waals surface area contributed by atoms with Crippen LogP contribution in [0.5, 0.6) is 0 Å². The Morgan fingerprint density at radius 3 is 1.16 bits per heavy atom. The van der Waals surface area contributed by atoms with Crippen molar-refractivity contribution in [3.63, 3.8) is 0 Å². The quantitative estimate of drug-likeness (QED) is 0.198. The Morgan fingerprint density at radius 1 is 0.680 bits per heavy atom. The second-order valence-electron chi connectivity index (χ2n) is 7.77. The zero-order chi connectivity index (χ0) is 19.2. The summed E-state index contributed by atoms with van der Waals surface area (Å²) in [5, 5.41) is 2.55. The Bertz CT molecular complexity index is 386. The van der Waals surface area contributed by atoms with E-state index in [4.69, 9.17) is 17.4 Å². The molecule has 4 heteroatoms. The van der Waals surface area contributed by atoms with Crippen LogP contribution in [-0.2, 0) is 25.8 Å².